The van der Waals surface area contributed by atoms with Crippen molar-refractivity contribution in [1.82, 2.24) is 0 Å². The predicted molar refractivity (Wildman–Crippen MR) is 395 cm³/mol. The summed E-state index contributed by atoms with van der Waals surface area (Å²) in [4.78, 5) is 0. The number of methoxy groups -OCH3 is 2. The standard InChI is InChI=1S/2C16H16O6.2C15H14O6.6C2H6.4CH4/c1-21-9-5-12(18)10-7-14(20)16(22-15(10)6-9)8-2-3-11(17)13(19)4-8;1-21-14-5-9(17)6-15-10(14)7-13(20)16(22-15)8-2-3-11(18)12(19)4-8;2*16-8-4-11(18)9-6-13(20)15(21-14(9)5-8)7-1-2-10(17)12(19)3-7;6*1-2;;;;/h2-6,14,16-20H,7H2,1H3;2-6,13,16-20H,7H2,1H3;2*1-5,13,15-20H,6H2;6*1-2H3;4*1H4/t14-,16-;13-,16-;2*13-,15-;;;;;;;;;;/m1111........../s1. The third-order valence-corrected chi connectivity index (χ3v) is 14.5. The Balaban J connectivity index is 0. The highest BCUT2D eigenvalue weighted by Gasteiger charge is 2.37. The quantitative estimate of drug-likeness (QED) is 0.0688. The summed E-state index contributed by atoms with van der Waals surface area (Å²) in [7, 11) is 2.96. The lowest BCUT2D eigenvalue weighted by Crippen LogP contribution is -2.30. The third-order valence-electron chi connectivity index (χ3n) is 14.5. The van der Waals surface area contributed by atoms with E-state index in [0.717, 1.165) is 0 Å². The van der Waals surface area contributed by atoms with Gasteiger partial charge >= 0.3 is 0 Å². The van der Waals surface area contributed by atoms with Crippen LogP contribution < -0.4 is 28.4 Å². The molecular formula is C78H112O24. The minimum atomic E-state index is -0.933. The first kappa shape index (κ1) is 93.7. The van der Waals surface area contributed by atoms with Gasteiger partial charge in [-0.15, -0.1) is 0 Å². The monoisotopic (exact) mass is 1430 g/mol. The molecule has 0 radical (unpaired) electrons. The summed E-state index contributed by atoms with van der Waals surface area (Å²) in [5, 5.41) is 175. The van der Waals surface area contributed by atoms with Crippen LogP contribution in [-0.2, 0) is 25.7 Å². The van der Waals surface area contributed by atoms with Crippen LogP contribution in [-0.4, -0.2) is 131 Å². The van der Waals surface area contributed by atoms with Gasteiger partial charge in [-0.3, -0.25) is 0 Å². The summed E-state index contributed by atoms with van der Waals surface area (Å²) in [5.41, 5.74) is 4.02. The average molecular weight is 1430 g/mol. The number of aromatic hydroxyl groups is 14. The third kappa shape index (κ3) is 23.3. The van der Waals surface area contributed by atoms with E-state index in [0.29, 0.717) is 67.5 Å². The molecule has 24 heteroatoms. The van der Waals surface area contributed by atoms with Crippen molar-refractivity contribution in [1.29, 1.82) is 0 Å². The summed E-state index contributed by atoms with van der Waals surface area (Å²) in [6, 6.07) is 27.8. The topological polar surface area (TPSA) is 420 Å². The molecule has 0 saturated carbocycles. The summed E-state index contributed by atoms with van der Waals surface area (Å²) in [6.07, 6.45) is -5.81. The van der Waals surface area contributed by atoms with Gasteiger partial charge in [0.25, 0.3) is 0 Å². The van der Waals surface area contributed by atoms with Crippen molar-refractivity contribution in [3.05, 3.63) is 166 Å². The second-order valence-electron chi connectivity index (χ2n) is 20.4. The fourth-order valence-electron chi connectivity index (χ4n) is 10.1. The van der Waals surface area contributed by atoms with Crippen LogP contribution in [0.4, 0.5) is 0 Å². The van der Waals surface area contributed by atoms with Crippen molar-refractivity contribution in [3.8, 4) is 115 Å². The minimum absolute atomic E-state index is 0. The highest BCUT2D eigenvalue weighted by atomic mass is 16.5. The fraction of sp³-hybridized carbons (Fsp3) is 0.385. The number of hydrogen-bond acceptors (Lipinski definition) is 24. The Morgan fingerprint density at radius 1 is 0.265 bits per heavy atom. The number of rotatable bonds is 6. The van der Waals surface area contributed by atoms with Gasteiger partial charge in [-0.05, 0) is 70.8 Å². The Morgan fingerprint density at radius 3 is 0.755 bits per heavy atom. The molecule has 0 saturated heterocycles. The lowest BCUT2D eigenvalue weighted by molar-refractivity contribution is 0.0196. The molecule has 0 unspecified atom stereocenters. The zero-order chi connectivity index (χ0) is 74.0. The molecule has 102 heavy (non-hydrogen) atoms. The molecule has 568 valence electrons. The summed E-state index contributed by atoms with van der Waals surface area (Å²) < 4.78 is 33.1. The molecule has 18 N–H and O–H groups in total. The predicted octanol–water partition coefficient (Wildman–Crippen LogP) is 15.5. The first-order chi connectivity index (χ1) is 46.9. The van der Waals surface area contributed by atoms with Crippen molar-refractivity contribution in [2.45, 2.75) is 187 Å². The Hall–Kier alpha value is -10.4. The highest BCUT2D eigenvalue weighted by Crippen LogP contribution is 2.48. The van der Waals surface area contributed by atoms with E-state index in [4.69, 9.17) is 28.4 Å². The van der Waals surface area contributed by atoms with Crippen LogP contribution in [0.2, 0.25) is 0 Å². The second-order valence-corrected chi connectivity index (χ2v) is 20.4. The minimum Gasteiger partial charge on any atom is -0.508 e. The van der Waals surface area contributed by atoms with Crippen LogP contribution >= 0.6 is 0 Å². The van der Waals surface area contributed by atoms with E-state index in [1.165, 1.54) is 117 Å². The van der Waals surface area contributed by atoms with Crippen molar-refractivity contribution < 1.29 is 120 Å². The maximum Gasteiger partial charge on any atom is 0.157 e. The van der Waals surface area contributed by atoms with E-state index >= 15 is 0 Å². The van der Waals surface area contributed by atoms with E-state index in [-0.39, 0.29) is 147 Å². The number of ether oxygens (including phenoxy) is 6. The van der Waals surface area contributed by atoms with Crippen molar-refractivity contribution in [2.75, 3.05) is 14.2 Å². The van der Waals surface area contributed by atoms with E-state index < -0.39 is 48.8 Å². The Morgan fingerprint density at radius 2 is 0.500 bits per heavy atom. The Bertz CT molecular complexity index is 3630. The molecule has 12 rings (SSSR count). The molecule has 0 amide bonds. The van der Waals surface area contributed by atoms with Crippen LogP contribution in [0.15, 0.2) is 121 Å². The maximum absolute atomic E-state index is 10.3. The lowest BCUT2D eigenvalue weighted by Gasteiger charge is -2.31. The number of aliphatic hydroxyl groups is 4. The summed E-state index contributed by atoms with van der Waals surface area (Å²) in [6.45, 7) is 24.0. The summed E-state index contributed by atoms with van der Waals surface area (Å²) in [5.74, 6) is -0.509. The maximum atomic E-state index is 10.3. The summed E-state index contributed by atoms with van der Waals surface area (Å²) >= 11 is 0. The molecule has 0 aliphatic carbocycles. The molecule has 0 spiro atoms. The highest BCUT2D eigenvalue weighted by molar-refractivity contribution is 5.56. The van der Waals surface area contributed by atoms with E-state index in [1.54, 1.807) is 18.2 Å². The van der Waals surface area contributed by atoms with E-state index in [9.17, 15) is 91.9 Å². The molecule has 8 aromatic carbocycles. The van der Waals surface area contributed by atoms with Crippen LogP contribution in [0, 0.1) is 0 Å². The molecule has 8 atom stereocenters. The van der Waals surface area contributed by atoms with Crippen LogP contribution in [0.1, 0.15) is 182 Å². The van der Waals surface area contributed by atoms with Gasteiger partial charge in [0.1, 0.15) is 93.4 Å². The molecule has 24 nitrogen and oxygen atoms in total. The van der Waals surface area contributed by atoms with Gasteiger partial charge in [-0.1, -0.05) is 137 Å². The second kappa shape index (κ2) is 44.7. The molecule has 4 heterocycles. The lowest BCUT2D eigenvalue weighted by atomic mass is 9.94. The molecular weight excluding hydrogens is 1320 g/mol. The first-order valence-corrected chi connectivity index (χ1v) is 32.3. The zero-order valence-electron chi connectivity index (χ0n) is 57.5. The van der Waals surface area contributed by atoms with Gasteiger partial charge in [0.05, 0.1) is 38.6 Å². The smallest absolute Gasteiger partial charge is 0.157 e. The number of hydrogen-bond donors (Lipinski definition) is 18. The van der Waals surface area contributed by atoms with Crippen LogP contribution in [0.5, 0.6) is 115 Å². The zero-order valence-corrected chi connectivity index (χ0v) is 57.5. The molecule has 4 aliphatic heterocycles. The van der Waals surface area contributed by atoms with Gasteiger partial charge in [0.2, 0.25) is 0 Å². The van der Waals surface area contributed by atoms with Crippen molar-refractivity contribution >= 4 is 0 Å². The van der Waals surface area contributed by atoms with Gasteiger partial charge < -0.3 is 120 Å². The van der Waals surface area contributed by atoms with Gasteiger partial charge in [-0.2, -0.15) is 0 Å². The molecule has 4 aliphatic rings. The number of phenolic OH excluding ortho intramolecular Hbond substituents is 14. The number of benzene rings is 8. The largest absolute Gasteiger partial charge is 0.508 e. The molecule has 0 aromatic heterocycles. The van der Waals surface area contributed by atoms with Crippen molar-refractivity contribution in [3.63, 3.8) is 0 Å². The SMILES string of the molecule is C.C.C.C.CC.CC.CC.CC.CC.CC.COc1cc(O)c2c(c1)O[C@H](c1ccc(O)c(O)c1)[C@H](O)C2.COc1cc(O)cc2c1C[C@@H](O)[C@@H](c1ccc(O)c(O)c1)O2.Oc1cc(O)c2c(c1)O[C@H](c1ccc(O)c(O)c1)[C@H](O)C2.Oc1cc(O)c2c(c1)O[C@H](c1ccc(O)c(O)c1)[C@H](O)C2. The number of phenols is 14. The average Bonchev–Trinajstić information content (AvgIpc) is 0.803. The van der Waals surface area contributed by atoms with Crippen LogP contribution in [0.25, 0.3) is 0 Å². The normalized spacial score (nSPS) is 17.5. The van der Waals surface area contributed by atoms with E-state index in [2.05, 4.69) is 0 Å². The van der Waals surface area contributed by atoms with Gasteiger partial charge in [0.15, 0.2) is 46.0 Å². The fourth-order valence-corrected chi connectivity index (χ4v) is 10.1. The Labute approximate surface area is 600 Å². The number of fused-ring (bicyclic) bond motifs is 4. The molecule has 0 fully saturated rings. The number of aliphatic hydroxyl groups excluding tert-OH is 4. The van der Waals surface area contributed by atoms with Crippen LogP contribution in [0.3, 0.4) is 0 Å². The van der Waals surface area contributed by atoms with Crippen molar-refractivity contribution in [2.24, 2.45) is 0 Å². The molecule has 0 bridgehead atoms. The van der Waals surface area contributed by atoms with E-state index in [1.807, 2.05) is 83.1 Å². The first-order valence-electron chi connectivity index (χ1n) is 32.3. The Kier molecular flexibility index (Phi) is 41.0. The van der Waals surface area contributed by atoms with Gasteiger partial charge in [-0.25, -0.2) is 0 Å². The van der Waals surface area contributed by atoms with Gasteiger partial charge in [0, 0.05) is 96.5 Å². The molecule has 8 aromatic rings.